The average molecular weight is 384 g/mol. The molecule has 0 atom stereocenters. The molecule has 0 aliphatic carbocycles. The Kier molecular flexibility index (Phi) is 4.83. The molecular formula is C23H20N4O2. The first-order valence-electron chi connectivity index (χ1n) is 9.24. The van der Waals surface area contributed by atoms with Crippen molar-refractivity contribution in [2.75, 3.05) is 10.6 Å². The van der Waals surface area contributed by atoms with Gasteiger partial charge < -0.3 is 15.6 Å². The topological polar surface area (TPSA) is 86.9 Å². The third kappa shape index (κ3) is 4.16. The summed E-state index contributed by atoms with van der Waals surface area (Å²) in [5, 5.41) is 5.54. The minimum absolute atomic E-state index is 0.162. The van der Waals surface area contributed by atoms with Gasteiger partial charge in [-0.25, -0.2) is 4.98 Å². The number of imidazole rings is 1. The van der Waals surface area contributed by atoms with E-state index in [1.807, 2.05) is 31.2 Å². The molecule has 1 aromatic heterocycles. The monoisotopic (exact) mass is 384 g/mol. The number of amides is 2. The second kappa shape index (κ2) is 7.59. The van der Waals surface area contributed by atoms with Crippen molar-refractivity contribution in [3.63, 3.8) is 0 Å². The van der Waals surface area contributed by atoms with Gasteiger partial charge in [-0.2, -0.15) is 0 Å². The summed E-state index contributed by atoms with van der Waals surface area (Å²) in [6, 6.07) is 20.4. The lowest BCUT2D eigenvalue weighted by molar-refractivity contribution is -0.114. The predicted octanol–water partition coefficient (Wildman–Crippen LogP) is 4.75. The van der Waals surface area contributed by atoms with E-state index in [0.717, 1.165) is 22.4 Å². The molecular weight excluding hydrogens is 364 g/mol. The molecule has 0 aliphatic heterocycles. The molecule has 0 fully saturated rings. The van der Waals surface area contributed by atoms with E-state index in [1.165, 1.54) is 12.5 Å². The molecule has 29 heavy (non-hydrogen) atoms. The van der Waals surface area contributed by atoms with Crippen molar-refractivity contribution in [3.05, 3.63) is 77.9 Å². The van der Waals surface area contributed by atoms with Crippen molar-refractivity contribution in [1.29, 1.82) is 0 Å². The molecule has 2 amide bonds. The van der Waals surface area contributed by atoms with Crippen molar-refractivity contribution in [3.8, 4) is 11.4 Å². The highest BCUT2D eigenvalue weighted by molar-refractivity contribution is 6.05. The molecule has 0 saturated carbocycles. The number of aromatic nitrogens is 2. The van der Waals surface area contributed by atoms with Gasteiger partial charge in [0.25, 0.3) is 5.91 Å². The van der Waals surface area contributed by atoms with E-state index in [0.29, 0.717) is 16.9 Å². The lowest BCUT2D eigenvalue weighted by atomic mass is 10.1. The average Bonchev–Trinajstić information content (AvgIpc) is 3.11. The lowest BCUT2D eigenvalue weighted by Crippen LogP contribution is -2.12. The first kappa shape index (κ1) is 18.4. The summed E-state index contributed by atoms with van der Waals surface area (Å²) in [4.78, 5) is 31.7. The van der Waals surface area contributed by atoms with Crippen LogP contribution in [0.4, 0.5) is 11.4 Å². The Morgan fingerprint density at radius 3 is 2.34 bits per heavy atom. The molecule has 6 heteroatoms. The molecule has 4 rings (SSSR count). The number of nitrogens with zero attached hydrogens (tertiary/aromatic N) is 1. The number of fused-ring (bicyclic) bond motifs is 1. The van der Waals surface area contributed by atoms with Crippen LogP contribution >= 0.6 is 0 Å². The number of anilines is 2. The number of carbonyl (C=O) groups excluding carboxylic acids is 2. The van der Waals surface area contributed by atoms with Crippen molar-refractivity contribution in [1.82, 2.24) is 9.97 Å². The van der Waals surface area contributed by atoms with Crippen LogP contribution in [0.15, 0.2) is 66.7 Å². The van der Waals surface area contributed by atoms with Gasteiger partial charge in [-0.3, -0.25) is 9.59 Å². The summed E-state index contributed by atoms with van der Waals surface area (Å²) in [6.45, 7) is 3.48. The molecule has 4 aromatic rings. The normalized spacial score (nSPS) is 10.7. The first-order valence-corrected chi connectivity index (χ1v) is 9.24. The minimum Gasteiger partial charge on any atom is -0.338 e. The fraction of sp³-hybridized carbons (Fsp3) is 0.0870. The number of benzene rings is 3. The first-order chi connectivity index (χ1) is 14.0. The van der Waals surface area contributed by atoms with Crippen LogP contribution in [0.25, 0.3) is 22.4 Å². The van der Waals surface area contributed by atoms with Crippen LogP contribution in [0.2, 0.25) is 0 Å². The van der Waals surface area contributed by atoms with Crippen molar-refractivity contribution < 1.29 is 9.59 Å². The number of nitrogens with one attached hydrogen (secondary N) is 3. The summed E-state index contributed by atoms with van der Waals surface area (Å²) in [7, 11) is 0. The summed E-state index contributed by atoms with van der Waals surface area (Å²) in [5.74, 6) is 0.377. The van der Waals surface area contributed by atoms with Gasteiger partial charge in [0.05, 0.1) is 11.0 Å². The van der Waals surface area contributed by atoms with Gasteiger partial charge in [0.15, 0.2) is 0 Å². The summed E-state index contributed by atoms with van der Waals surface area (Å²) in [5.41, 5.74) is 5.74. The van der Waals surface area contributed by atoms with Crippen molar-refractivity contribution in [2.24, 2.45) is 0 Å². The van der Waals surface area contributed by atoms with Crippen LogP contribution in [-0.2, 0) is 4.79 Å². The Hall–Kier alpha value is -3.93. The van der Waals surface area contributed by atoms with Crippen LogP contribution in [0.1, 0.15) is 22.8 Å². The molecule has 3 aromatic carbocycles. The Morgan fingerprint density at radius 2 is 1.62 bits per heavy atom. The van der Waals surface area contributed by atoms with E-state index in [2.05, 4.69) is 26.7 Å². The van der Waals surface area contributed by atoms with Crippen molar-refractivity contribution in [2.45, 2.75) is 13.8 Å². The highest BCUT2D eigenvalue weighted by Gasteiger charge is 2.09. The van der Waals surface area contributed by atoms with Gasteiger partial charge in [-0.05, 0) is 55.0 Å². The van der Waals surface area contributed by atoms with Gasteiger partial charge >= 0.3 is 0 Å². The number of carbonyl (C=O) groups is 2. The van der Waals surface area contributed by atoms with Crippen LogP contribution in [0.3, 0.4) is 0 Å². The van der Waals surface area contributed by atoms with Gasteiger partial charge in [-0.15, -0.1) is 0 Å². The van der Waals surface area contributed by atoms with Crippen LogP contribution in [0, 0.1) is 6.92 Å². The van der Waals surface area contributed by atoms with E-state index < -0.39 is 0 Å². The van der Waals surface area contributed by atoms with Crippen LogP contribution in [0.5, 0.6) is 0 Å². The van der Waals surface area contributed by atoms with Crippen LogP contribution in [-0.4, -0.2) is 21.8 Å². The largest absolute Gasteiger partial charge is 0.338 e. The Balaban J connectivity index is 1.51. The maximum atomic E-state index is 12.6. The van der Waals surface area contributed by atoms with E-state index in [1.54, 1.807) is 36.4 Å². The third-order valence-electron chi connectivity index (χ3n) is 4.50. The molecule has 0 aliphatic rings. The number of hydrogen-bond acceptors (Lipinski definition) is 3. The predicted molar refractivity (Wildman–Crippen MR) is 115 cm³/mol. The van der Waals surface area contributed by atoms with E-state index in [-0.39, 0.29) is 11.8 Å². The molecule has 0 unspecified atom stereocenters. The SMILES string of the molecule is CC(=O)Nc1cccc(NC(=O)c2ccc(-c3nc4ccc(C)cc4[nH]3)cc2)c1. The molecule has 0 radical (unpaired) electrons. The summed E-state index contributed by atoms with van der Waals surface area (Å²) < 4.78 is 0. The fourth-order valence-electron chi connectivity index (χ4n) is 3.12. The van der Waals surface area contributed by atoms with E-state index >= 15 is 0 Å². The Labute approximate surface area is 168 Å². The Morgan fingerprint density at radius 1 is 0.897 bits per heavy atom. The molecule has 0 bridgehead atoms. The zero-order valence-corrected chi connectivity index (χ0v) is 16.1. The van der Waals surface area contributed by atoms with Gasteiger partial charge in [-0.1, -0.05) is 24.3 Å². The quantitative estimate of drug-likeness (QED) is 0.474. The third-order valence-corrected chi connectivity index (χ3v) is 4.50. The van der Waals surface area contributed by atoms with E-state index in [4.69, 9.17) is 0 Å². The second-order valence-corrected chi connectivity index (χ2v) is 6.90. The smallest absolute Gasteiger partial charge is 0.255 e. The zero-order chi connectivity index (χ0) is 20.4. The number of rotatable bonds is 4. The highest BCUT2D eigenvalue weighted by Crippen LogP contribution is 2.22. The minimum atomic E-state index is -0.225. The maximum Gasteiger partial charge on any atom is 0.255 e. The highest BCUT2D eigenvalue weighted by atomic mass is 16.2. The number of aromatic amines is 1. The molecule has 1 heterocycles. The molecule has 0 spiro atoms. The summed E-state index contributed by atoms with van der Waals surface area (Å²) in [6.07, 6.45) is 0. The standard InChI is InChI=1S/C23H20N4O2/c1-14-6-11-20-21(12-14)27-22(26-20)16-7-9-17(10-8-16)23(29)25-19-5-3-4-18(13-19)24-15(2)28/h3-13H,1-2H3,(H,24,28)(H,25,29)(H,26,27). The zero-order valence-electron chi connectivity index (χ0n) is 16.1. The van der Waals surface area contributed by atoms with Gasteiger partial charge in [0.2, 0.25) is 5.91 Å². The maximum absolute atomic E-state index is 12.6. The number of hydrogen-bond donors (Lipinski definition) is 3. The van der Waals surface area contributed by atoms with E-state index in [9.17, 15) is 9.59 Å². The molecule has 6 nitrogen and oxygen atoms in total. The molecule has 144 valence electrons. The number of H-pyrrole nitrogens is 1. The summed E-state index contributed by atoms with van der Waals surface area (Å²) >= 11 is 0. The molecule has 0 saturated heterocycles. The number of aryl methyl sites for hydroxylation is 1. The van der Waals surface area contributed by atoms with Gasteiger partial charge in [0, 0.05) is 29.4 Å². The second-order valence-electron chi connectivity index (χ2n) is 6.90. The van der Waals surface area contributed by atoms with Gasteiger partial charge in [0.1, 0.15) is 5.82 Å². The molecule has 3 N–H and O–H groups in total. The van der Waals surface area contributed by atoms with Crippen molar-refractivity contribution >= 4 is 34.2 Å². The fourth-order valence-corrected chi connectivity index (χ4v) is 3.12. The van der Waals surface area contributed by atoms with Crippen LogP contribution < -0.4 is 10.6 Å². The lowest BCUT2D eigenvalue weighted by Gasteiger charge is -2.08. The Bertz CT molecular complexity index is 1210.